The molecule has 120 valence electrons. The molecule has 0 aliphatic heterocycles. The summed E-state index contributed by atoms with van der Waals surface area (Å²) in [6, 6.07) is 5.18. The van der Waals surface area contributed by atoms with E-state index in [1.54, 1.807) is 0 Å². The Hall–Kier alpha value is -1.91. The highest BCUT2D eigenvalue weighted by Crippen LogP contribution is 2.27. The Kier molecular flexibility index (Phi) is 5.16. The predicted octanol–water partition coefficient (Wildman–Crippen LogP) is 3.21. The average molecular weight is 307 g/mol. The molecule has 2 N–H and O–H groups in total. The van der Waals surface area contributed by atoms with Gasteiger partial charge in [-0.2, -0.15) is 0 Å². The highest BCUT2D eigenvalue weighted by molar-refractivity contribution is 5.87. The second kappa shape index (κ2) is 6.90. The van der Waals surface area contributed by atoms with Gasteiger partial charge in [0.2, 0.25) is 5.91 Å². The Balaban J connectivity index is 2.08. The Morgan fingerprint density at radius 2 is 1.82 bits per heavy atom. The van der Waals surface area contributed by atoms with E-state index in [1.807, 2.05) is 0 Å². The van der Waals surface area contributed by atoms with Crippen molar-refractivity contribution >= 4 is 11.9 Å². The quantitative estimate of drug-likeness (QED) is 0.878. The monoisotopic (exact) mass is 307 g/mol. The van der Waals surface area contributed by atoms with Crippen molar-refractivity contribution in [3.05, 3.63) is 35.6 Å². The fourth-order valence-corrected chi connectivity index (χ4v) is 3.02. The molecule has 2 rings (SSSR count). The minimum atomic E-state index is -1.54. The fourth-order valence-electron chi connectivity index (χ4n) is 3.02. The smallest absolute Gasteiger partial charge is 0.333 e. The summed E-state index contributed by atoms with van der Waals surface area (Å²) in [6.45, 7) is 1.43. The number of rotatable bonds is 5. The molecule has 1 saturated carbocycles. The molecule has 0 spiro atoms. The van der Waals surface area contributed by atoms with Crippen molar-refractivity contribution in [2.75, 3.05) is 0 Å². The van der Waals surface area contributed by atoms with Gasteiger partial charge in [-0.25, -0.2) is 9.18 Å². The molecule has 0 radical (unpaired) electrons. The van der Waals surface area contributed by atoms with Crippen LogP contribution in [0.15, 0.2) is 24.3 Å². The van der Waals surface area contributed by atoms with Crippen molar-refractivity contribution in [1.29, 1.82) is 0 Å². The van der Waals surface area contributed by atoms with E-state index in [0.717, 1.165) is 25.7 Å². The minimum Gasteiger partial charge on any atom is -0.479 e. The van der Waals surface area contributed by atoms with Crippen LogP contribution in [0.25, 0.3) is 0 Å². The van der Waals surface area contributed by atoms with Crippen LogP contribution in [0.3, 0.4) is 0 Å². The van der Waals surface area contributed by atoms with Gasteiger partial charge in [0.1, 0.15) is 5.82 Å². The summed E-state index contributed by atoms with van der Waals surface area (Å²) in [7, 11) is 0. The molecule has 1 unspecified atom stereocenters. The Bertz CT molecular complexity index is 537. The lowest BCUT2D eigenvalue weighted by molar-refractivity contribution is -0.147. The number of nitrogens with one attached hydrogen (secondary N) is 1. The summed E-state index contributed by atoms with van der Waals surface area (Å²) in [5.74, 6) is -1.53. The Labute approximate surface area is 129 Å². The van der Waals surface area contributed by atoms with E-state index in [2.05, 4.69) is 5.32 Å². The molecule has 0 heterocycles. The summed E-state index contributed by atoms with van der Waals surface area (Å²) in [4.78, 5) is 23.8. The van der Waals surface area contributed by atoms with Crippen molar-refractivity contribution in [1.82, 2.24) is 5.32 Å². The van der Waals surface area contributed by atoms with Crippen LogP contribution < -0.4 is 5.32 Å². The molecule has 1 aromatic carbocycles. The Morgan fingerprint density at radius 1 is 1.23 bits per heavy atom. The summed E-state index contributed by atoms with van der Waals surface area (Å²) in [5.41, 5.74) is -1.18. The van der Waals surface area contributed by atoms with Crippen molar-refractivity contribution in [2.24, 2.45) is 5.92 Å². The van der Waals surface area contributed by atoms with Gasteiger partial charge in [-0.1, -0.05) is 31.4 Å². The molecule has 1 atom stereocenters. The van der Waals surface area contributed by atoms with Crippen molar-refractivity contribution in [3.63, 3.8) is 0 Å². The van der Waals surface area contributed by atoms with Crippen LogP contribution >= 0.6 is 0 Å². The number of carboxylic acids is 1. The first kappa shape index (κ1) is 16.5. The summed E-state index contributed by atoms with van der Waals surface area (Å²) in [5, 5.41) is 12.1. The SMILES string of the molecule is CC(NC(=O)CC1CCCCC1)(C(=O)O)c1ccc(F)cc1. The highest BCUT2D eigenvalue weighted by atomic mass is 19.1. The number of carbonyl (C=O) groups excluding carboxylic acids is 1. The van der Waals surface area contributed by atoms with E-state index in [4.69, 9.17) is 0 Å². The van der Waals surface area contributed by atoms with E-state index >= 15 is 0 Å². The second-order valence-corrected chi connectivity index (χ2v) is 6.19. The zero-order chi connectivity index (χ0) is 16.2. The topological polar surface area (TPSA) is 66.4 Å². The maximum absolute atomic E-state index is 13.0. The van der Waals surface area contributed by atoms with Crippen LogP contribution in [0.2, 0.25) is 0 Å². The zero-order valence-electron chi connectivity index (χ0n) is 12.8. The summed E-state index contributed by atoms with van der Waals surface area (Å²) in [6.07, 6.45) is 5.87. The van der Waals surface area contributed by atoms with Gasteiger partial charge in [0.05, 0.1) is 0 Å². The van der Waals surface area contributed by atoms with Crippen LogP contribution in [-0.4, -0.2) is 17.0 Å². The maximum Gasteiger partial charge on any atom is 0.333 e. The van der Waals surface area contributed by atoms with Crippen LogP contribution in [0.1, 0.15) is 51.0 Å². The molecular formula is C17H22FNO3. The first-order valence-electron chi connectivity index (χ1n) is 7.72. The van der Waals surface area contributed by atoms with Crippen LogP contribution in [0.5, 0.6) is 0 Å². The number of amides is 1. The largest absolute Gasteiger partial charge is 0.479 e. The highest BCUT2D eigenvalue weighted by Gasteiger charge is 2.37. The number of carboxylic acid groups (broad SMARTS) is 1. The normalized spacial score (nSPS) is 18.5. The predicted molar refractivity (Wildman–Crippen MR) is 80.7 cm³/mol. The zero-order valence-corrected chi connectivity index (χ0v) is 12.8. The average Bonchev–Trinajstić information content (AvgIpc) is 2.48. The number of hydrogen-bond acceptors (Lipinski definition) is 2. The molecule has 5 heteroatoms. The van der Waals surface area contributed by atoms with E-state index in [-0.39, 0.29) is 5.91 Å². The van der Waals surface area contributed by atoms with Gasteiger partial charge in [-0.3, -0.25) is 4.79 Å². The number of aliphatic carboxylic acids is 1. The lowest BCUT2D eigenvalue weighted by Crippen LogP contribution is -2.50. The van der Waals surface area contributed by atoms with Crippen LogP contribution in [-0.2, 0) is 15.1 Å². The van der Waals surface area contributed by atoms with Gasteiger partial charge >= 0.3 is 5.97 Å². The van der Waals surface area contributed by atoms with E-state index in [9.17, 15) is 19.1 Å². The standard InChI is InChI=1S/C17H22FNO3/c1-17(16(21)22,13-7-9-14(18)10-8-13)19-15(20)11-12-5-3-2-4-6-12/h7-10,12H,2-6,11H2,1H3,(H,19,20)(H,21,22). The molecule has 22 heavy (non-hydrogen) atoms. The molecule has 1 aromatic rings. The molecular weight excluding hydrogens is 285 g/mol. The molecule has 0 aromatic heterocycles. The minimum absolute atomic E-state index is 0.263. The summed E-state index contributed by atoms with van der Waals surface area (Å²) >= 11 is 0. The molecule has 1 aliphatic rings. The Morgan fingerprint density at radius 3 is 2.36 bits per heavy atom. The lowest BCUT2D eigenvalue weighted by atomic mass is 9.86. The third-order valence-corrected chi connectivity index (χ3v) is 4.44. The molecule has 1 fully saturated rings. The number of carbonyl (C=O) groups is 2. The molecule has 0 bridgehead atoms. The number of hydrogen-bond donors (Lipinski definition) is 2. The third-order valence-electron chi connectivity index (χ3n) is 4.44. The van der Waals surface area contributed by atoms with Crippen molar-refractivity contribution in [2.45, 2.75) is 51.0 Å². The van der Waals surface area contributed by atoms with Gasteiger partial charge < -0.3 is 10.4 Å². The molecule has 1 amide bonds. The lowest BCUT2D eigenvalue weighted by Gasteiger charge is -2.28. The first-order valence-corrected chi connectivity index (χ1v) is 7.72. The molecule has 0 saturated heterocycles. The van der Waals surface area contributed by atoms with E-state index in [1.165, 1.54) is 37.6 Å². The van der Waals surface area contributed by atoms with Gasteiger partial charge in [0.15, 0.2) is 5.54 Å². The van der Waals surface area contributed by atoms with Crippen LogP contribution in [0, 0.1) is 11.7 Å². The fraction of sp³-hybridized carbons (Fsp3) is 0.529. The first-order chi connectivity index (χ1) is 10.4. The van der Waals surface area contributed by atoms with Gasteiger partial charge in [0.25, 0.3) is 0 Å². The van der Waals surface area contributed by atoms with Crippen molar-refractivity contribution < 1.29 is 19.1 Å². The maximum atomic E-state index is 13.0. The number of benzene rings is 1. The molecule has 4 nitrogen and oxygen atoms in total. The number of halogens is 1. The van der Waals surface area contributed by atoms with Crippen LogP contribution in [0.4, 0.5) is 4.39 Å². The van der Waals surface area contributed by atoms with Gasteiger partial charge in [-0.15, -0.1) is 0 Å². The van der Waals surface area contributed by atoms with Crippen molar-refractivity contribution in [3.8, 4) is 0 Å². The van der Waals surface area contributed by atoms with E-state index < -0.39 is 17.3 Å². The van der Waals surface area contributed by atoms with E-state index in [0.29, 0.717) is 17.9 Å². The second-order valence-electron chi connectivity index (χ2n) is 6.19. The third kappa shape index (κ3) is 3.84. The van der Waals surface area contributed by atoms with Gasteiger partial charge in [0, 0.05) is 6.42 Å². The summed E-state index contributed by atoms with van der Waals surface area (Å²) < 4.78 is 13.0. The molecule has 1 aliphatic carbocycles. The van der Waals surface area contributed by atoms with Gasteiger partial charge in [-0.05, 0) is 43.4 Å².